The molecule has 0 radical (unpaired) electrons. The van der Waals surface area contributed by atoms with E-state index in [4.69, 9.17) is 0 Å². The number of hydrogen-bond donors (Lipinski definition) is 1. The first kappa shape index (κ1) is 19.1. The third-order valence-electron chi connectivity index (χ3n) is 4.30. The highest BCUT2D eigenvalue weighted by Gasteiger charge is 2.39. The van der Waals surface area contributed by atoms with Gasteiger partial charge in [0, 0.05) is 13.2 Å². The summed E-state index contributed by atoms with van der Waals surface area (Å²) in [6, 6.07) is 3.83. The first-order chi connectivity index (χ1) is 12.6. The molecule has 1 unspecified atom stereocenters. The highest BCUT2D eigenvalue weighted by atomic mass is 19.4. The number of nitrogens with zero attached hydrogens (tertiary/aromatic N) is 2. The van der Waals surface area contributed by atoms with Crippen LogP contribution >= 0.6 is 0 Å². The molecule has 0 bridgehead atoms. The Kier molecular flexibility index (Phi) is 5.07. The monoisotopic (exact) mass is 389 g/mol. The van der Waals surface area contributed by atoms with Gasteiger partial charge in [-0.05, 0) is 42.5 Å². The van der Waals surface area contributed by atoms with Crippen molar-refractivity contribution in [3.63, 3.8) is 0 Å². The highest BCUT2D eigenvalue weighted by Crippen LogP contribution is 2.34. The maximum Gasteiger partial charge on any atom is 0.435 e. The second-order valence-electron chi connectivity index (χ2n) is 6.22. The Hall–Kier alpha value is -2.65. The van der Waals surface area contributed by atoms with Crippen LogP contribution in [0.15, 0.2) is 24.4 Å². The van der Waals surface area contributed by atoms with Crippen LogP contribution < -0.4 is 10.1 Å². The number of fused-ring (bicyclic) bond motifs is 1. The van der Waals surface area contributed by atoms with Gasteiger partial charge in [0.25, 0.3) is 5.91 Å². The third-order valence-corrected chi connectivity index (χ3v) is 4.30. The third kappa shape index (κ3) is 4.20. The quantitative estimate of drug-likeness (QED) is 0.809. The first-order valence-electron chi connectivity index (χ1n) is 8.14. The second-order valence-corrected chi connectivity index (χ2v) is 6.22. The molecule has 2 aromatic rings. The normalized spacial score (nSPS) is 16.9. The van der Waals surface area contributed by atoms with Crippen molar-refractivity contribution in [3.05, 3.63) is 46.8 Å². The van der Waals surface area contributed by atoms with Gasteiger partial charge in [-0.2, -0.15) is 27.1 Å². The van der Waals surface area contributed by atoms with Gasteiger partial charge in [-0.1, -0.05) is 6.07 Å². The molecule has 146 valence electrons. The van der Waals surface area contributed by atoms with Crippen LogP contribution in [0.5, 0.6) is 5.75 Å². The van der Waals surface area contributed by atoms with Crippen molar-refractivity contribution in [2.45, 2.75) is 38.1 Å². The number of aromatic nitrogens is 2. The molecule has 3 rings (SSSR count). The molecule has 5 nitrogen and oxygen atoms in total. The van der Waals surface area contributed by atoms with E-state index in [0.29, 0.717) is 30.4 Å². The lowest BCUT2D eigenvalue weighted by molar-refractivity contribution is -0.141. The molecule has 1 atom stereocenters. The Morgan fingerprint density at radius 1 is 1.37 bits per heavy atom. The number of carbonyl (C=O) groups excluding carboxylic acids is 1. The van der Waals surface area contributed by atoms with Crippen molar-refractivity contribution >= 4 is 5.91 Å². The number of halogens is 5. The SMILES string of the molecule is Cn1cc(C(=O)NC2CCCc3cc(OC(F)F)ccc32)c(C(F)(F)F)n1. The van der Waals surface area contributed by atoms with Crippen LogP contribution in [0, 0.1) is 0 Å². The van der Waals surface area contributed by atoms with Gasteiger partial charge in [0.2, 0.25) is 0 Å². The van der Waals surface area contributed by atoms with Crippen molar-refractivity contribution in [1.82, 2.24) is 15.1 Å². The van der Waals surface area contributed by atoms with Gasteiger partial charge >= 0.3 is 12.8 Å². The van der Waals surface area contributed by atoms with Crippen LogP contribution in [-0.2, 0) is 19.6 Å². The highest BCUT2D eigenvalue weighted by molar-refractivity contribution is 5.95. The van der Waals surface area contributed by atoms with Crippen LogP contribution in [0.1, 0.15) is 46.1 Å². The number of amides is 1. The van der Waals surface area contributed by atoms with Crippen LogP contribution in [-0.4, -0.2) is 22.3 Å². The predicted octanol–water partition coefficient (Wildman–Crippen LogP) is 3.85. The summed E-state index contributed by atoms with van der Waals surface area (Å²) in [7, 11) is 1.30. The number of rotatable bonds is 4. The lowest BCUT2D eigenvalue weighted by atomic mass is 9.87. The average Bonchev–Trinajstić information content (AvgIpc) is 2.97. The van der Waals surface area contributed by atoms with E-state index in [9.17, 15) is 26.7 Å². The molecule has 0 saturated carbocycles. The van der Waals surface area contributed by atoms with Gasteiger partial charge in [0.1, 0.15) is 5.75 Å². The molecule has 1 aromatic heterocycles. The molecule has 0 saturated heterocycles. The Morgan fingerprint density at radius 3 is 2.78 bits per heavy atom. The smallest absolute Gasteiger partial charge is 0.435 e. The van der Waals surface area contributed by atoms with Gasteiger partial charge in [-0.3, -0.25) is 9.48 Å². The van der Waals surface area contributed by atoms with Gasteiger partial charge in [0.05, 0.1) is 11.6 Å². The van der Waals surface area contributed by atoms with Crippen LogP contribution in [0.4, 0.5) is 22.0 Å². The van der Waals surface area contributed by atoms with Crippen LogP contribution in [0.25, 0.3) is 0 Å². The summed E-state index contributed by atoms with van der Waals surface area (Å²) in [5, 5.41) is 5.92. The van der Waals surface area contributed by atoms with E-state index in [1.807, 2.05) is 0 Å². The fourth-order valence-corrected chi connectivity index (χ4v) is 3.22. The largest absolute Gasteiger partial charge is 0.435 e. The lowest BCUT2D eigenvalue weighted by Gasteiger charge is -2.27. The van der Waals surface area contributed by atoms with Crippen molar-refractivity contribution in [2.75, 3.05) is 0 Å². The zero-order valence-electron chi connectivity index (χ0n) is 14.2. The maximum atomic E-state index is 13.1. The van der Waals surface area contributed by atoms with E-state index < -0.39 is 36.0 Å². The molecular formula is C17H16F5N3O2. The van der Waals surface area contributed by atoms with Crippen molar-refractivity contribution in [3.8, 4) is 5.75 Å². The van der Waals surface area contributed by atoms with Gasteiger partial charge in [-0.25, -0.2) is 0 Å². The molecule has 1 aliphatic rings. The predicted molar refractivity (Wildman–Crippen MR) is 84.4 cm³/mol. The molecule has 1 heterocycles. The van der Waals surface area contributed by atoms with Gasteiger partial charge < -0.3 is 10.1 Å². The minimum atomic E-state index is -4.75. The zero-order valence-corrected chi connectivity index (χ0v) is 14.2. The van der Waals surface area contributed by atoms with Crippen molar-refractivity contribution in [1.29, 1.82) is 0 Å². The standard InChI is InChI=1S/C17H16F5N3O2/c1-25-8-12(14(24-25)17(20,21)22)15(26)23-13-4-2-3-9-7-10(27-16(18)19)5-6-11(9)13/h5-8,13,16H,2-4H2,1H3,(H,23,26). The van der Waals surface area contributed by atoms with Crippen LogP contribution in [0.3, 0.4) is 0 Å². The summed E-state index contributed by atoms with van der Waals surface area (Å²) >= 11 is 0. The maximum absolute atomic E-state index is 13.1. The van der Waals surface area contributed by atoms with Crippen molar-refractivity contribution in [2.24, 2.45) is 7.05 Å². The Bertz CT molecular complexity index is 848. The average molecular weight is 389 g/mol. The number of nitrogens with one attached hydrogen (secondary N) is 1. The molecule has 1 amide bonds. The Morgan fingerprint density at radius 2 is 2.11 bits per heavy atom. The number of hydrogen-bond acceptors (Lipinski definition) is 3. The molecule has 0 spiro atoms. The Balaban J connectivity index is 1.83. The van der Waals surface area contributed by atoms with E-state index in [0.717, 1.165) is 10.9 Å². The minimum absolute atomic E-state index is 0.00217. The second kappa shape index (κ2) is 7.16. The Labute approximate surface area is 151 Å². The number of carbonyl (C=O) groups is 1. The fraction of sp³-hybridized carbons (Fsp3) is 0.412. The molecule has 1 aliphatic carbocycles. The van der Waals surface area contributed by atoms with Gasteiger partial charge in [0.15, 0.2) is 5.69 Å². The first-order valence-corrected chi connectivity index (χ1v) is 8.14. The molecule has 27 heavy (non-hydrogen) atoms. The van der Waals surface area contributed by atoms with E-state index in [-0.39, 0.29) is 5.75 Å². The summed E-state index contributed by atoms with van der Waals surface area (Å²) < 4.78 is 69.2. The van der Waals surface area contributed by atoms with Crippen molar-refractivity contribution < 1.29 is 31.5 Å². The number of aryl methyl sites for hydroxylation is 2. The minimum Gasteiger partial charge on any atom is -0.435 e. The van der Waals surface area contributed by atoms with E-state index in [1.165, 1.54) is 19.2 Å². The van der Waals surface area contributed by atoms with Crippen LogP contribution in [0.2, 0.25) is 0 Å². The lowest BCUT2D eigenvalue weighted by Crippen LogP contribution is -2.32. The summed E-state index contributed by atoms with van der Waals surface area (Å²) in [6.07, 6.45) is -1.96. The fourth-order valence-electron chi connectivity index (χ4n) is 3.22. The van der Waals surface area contributed by atoms with E-state index in [1.54, 1.807) is 6.07 Å². The number of benzene rings is 1. The molecule has 0 fully saturated rings. The summed E-state index contributed by atoms with van der Waals surface area (Å²) in [4.78, 5) is 12.4. The number of alkyl halides is 5. The van der Waals surface area contributed by atoms with E-state index >= 15 is 0 Å². The molecule has 0 aliphatic heterocycles. The number of ether oxygens (including phenoxy) is 1. The summed E-state index contributed by atoms with van der Waals surface area (Å²) in [5.41, 5.74) is -0.422. The topological polar surface area (TPSA) is 56.2 Å². The zero-order chi connectivity index (χ0) is 19.8. The molecule has 1 N–H and O–H groups in total. The van der Waals surface area contributed by atoms with E-state index in [2.05, 4.69) is 15.2 Å². The van der Waals surface area contributed by atoms with Gasteiger partial charge in [-0.15, -0.1) is 0 Å². The molecule has 10 heteroatoms. The molecule has 1 aromatic carbocycles. The summed E-state index contributed by atoms with van der Waals surface area (Å²) in [6.45, 7) is -2.95. The summed E-state index contributed by atoms with van der Waals surface area (Å²) in [5.74, 6) is -0.886. The molecular weight excluding hydrogens is 373 g/mol.